The Bertz CT molecular complexity index is 905. The van der Waals surface area contributed by atoms with Crippen LogP contribution < -0.4 is 10.2 Å². The van der Waals surface area contributed by atoms with Crippen LogP contribution in [0.3, 0.4) is 0 Å². The highest BCUT2D eigenvalue weighted by Crippen LogP contribution is 2.34. The normalized spacial score (nSPS) is 11.0. The molecule has 3 aromatic rings. The van der Waals surface area contributed by atoms with E-state index in [0.29, 0.717) is 12.1 Å². The number of hydrogen-bond acceptors (Lipinski definition) is 2. The summed E-state index contributed by atoms with van der Waals surface area (Å²) in [6.45, 7) is 6.24. The average molecular weight is 368 g/mol. The molecule has 3 aromatic carbocycles. The maximum Gasteiger partial charge on any atom is 0.251 e. The molecule has 0 unspecified atom stereocenters. The smallest absolute Gasteiger partial charge is 0.251 e. The van der Waals surface area contributed by atoms with Gasteiger partial charge in [-0.1, -0.05) is 61.2 Å². The lowest BCUT2D eigenvalue weighted by Crippen LogP contribution is -2.23. The molecule has 140 valence electrons. The van der Waals surface area contributed by atoms with Crippen LogP contribution in [0.2, 0.25) is 0 Å². The van der Waals surface area contributed by atoms with Gasteiger partial charge in [0.2, 0.25) is 0 Å². The lowest BCUT2D eigenvalue weighted by Gasteiger charge is -2.25. The topological polar surface area (TPSA) is 32.3 Å². The van der Waals surface area contributed by atoms with Crippen LogP contribution in [0.5, 0.6) is 0 Å². The van der Waals surface area contributed by atoms with Crippen molar-refractivity contribution in [3.63, 3.8) is 0 Å². The molecule has 0 radical (unpaired) electrons. The zero-order valence-electron chi connectivity index (χ0n) is 16.0. The van der Waals surface area contributed by atoms with E-state index in [1.54, 1.807) is 6.08 Å². The first-order chi connectivity index (χ1) is 13.7. The summed E-state index contributed by atoms with van der Waals surface area (Å²) in [4.78, 5) is 14.3. The molecule has 0 spiro atoms. The predicted octanol–water partition coefficient (Wildman–Crippen LogP) is 5.86. The van der Waals surface area contributed by atoms with Gasteiger partial charge in [-0.3, -0.25) is 4.79 Å². The first kappa shape index (κ1) is 19.2. The van der Waals surface area contributed by atoms with Crippen molar-refractivity contribution in [2.45, 2.75) is 6.92 Å². The van der Waals surface area contributed by atoms with Crippen LogP contribution in [0.25, 0.3) is 6.08 Å². The SMILES string of the molecule is C=C/C(=C/c1ccc(N(c2ccccc2)c2ccccc2)cc1)C(=O)NCC. The number of rotatable bonds is 7. The Balaban J connectivity index is 1.95. The highest BCUT2D eigenvalue weighted by molar-refractivity contribution is 6.00. The lowest BCUT2D eigenvalue weighted by molar-refractivity contribution is -0.117. The number of amides is 1. The summed E-state index contributed by atoms with van der Waals surface area (Å²) in [5.41, 5.74) is 4.73. The molecule has 0 aliphatic heterocycles. The third-order valence-electron chi connectivity index (χ3n) is 4.32. The number of hydrogen-bond donors (Lipinski definition) is 1. The van der Waals surface area contributed by atoms with Crippen LogP contribution in [-0.2, 0) is 4.79 Å². The molecular weight excluding hydrogens is 344 g/mol. The Hall–Kier alpha value is -3.59. The fraction of sp³-hybridized carbons (Fsp3) is 0.0800. The summed E-state index contributed by atoms with van der Waals surface area (Å²) in [7, 11) is 0. The molecule has 0 saturated carbocycles. The Morgan fingerprint density at radius 2 is 1.36 bits per heavy atom. The zero-order valence-corrected chi connectivity index (χ0v) is 16.0. The second-order valence-corrected chi connectivity index (χ2v) is 6.26. The van der Waals surface area contributed by atoms with Crippen LogP contribution in [-0.4, -0.2) is 12.5 Å². The van der Waals surface area contributed by atoms with Gasteiger partial charge in [-0.15, -0.1) is 0 Å². The van der Waals surface area contributed by atoms with Gasteiger partial charge in [0.25, 0.3) is 5.91 Å². The van der Waals surface area contributed by atoms with Crippen molar-refractivity contribution in [3.05, 3.63) is 109 Å². The molecule has 3 rings (SSSR count). The molecule has 1 N–H and O–H groups in total. The largest absolute Gasteiger partial charge is 0.352 e. The van der Waals surface area contributed by atoms with Gasteiger partial charge in [-0.25, -0.2) is 0 Å². The van der Waals surface area contributed by atoms with E-state index in [0.717, 1.165) is 22.6 Å². The van der Waals surface area contributed by atoms with Crippen LogP contribution in [0.15, 0.2) is 103 Å². The lowest BCUT2D eigenvalue weighted by atomic mass is 10.1. The third-order valence-corrected chi connectivity index (χ3v) is 4.32. The van der Waals surface area contributed by atoms with E-state index in [4.69, 9.17) is 0 Å². The zero-order chi connectivity index (χ0) is 19.8. The first-order valence-electron chi connectivity index (χ1n) is 9.35. The van der Waals surface area contributed by atoms with Crippen molar-refractivity contribution in [2.75, 3.05) is 11.4 Å². The van der Waals surface area contributed by atoms with Crippen LogP contribution >= 0.6 is 0 Å². The molecule has 3 nitrogen and oxygen atoms in total. The molecule has 0 bridgehead atoms. The molecule has 0 atom stereocenters. The number of likely N-dealkylation sites (N-methyl/N-ethyl adjacent to an activating group) is 1. The molecule has 0 saturated heterocycles. The van der Waals surface area contributed by atoms with E-state index in [2.05, 4.69) is 53.2 Å². The van der Waals surface area contributed by atoms with Gasteiger partial charge in [-0.05, 0) is 55.0 Å². The van der Waals surface area contributed by atoms with Gasteiger partial charge >= 0.3 is 0 Å². The van der Waals surface area contributed by atoms with E-state index in [1.165, 1.54) is 0 Å². The minimum Gasteiger partial charge on any atom is -0.352 e. The summed E-state index contributed by atoms with van der Waals surface area (Å²) < 4.78 is 0. The van der Waals surface area contributed by atoms with Crippen molar-refractivity contribution in [1.82, 2.24) is 5.32 Å². The fourth-order valence-electron chi connectivity index (χ4n) is 2.98. The number of carbonyl (C=O) groups excluding carboxylic acids is 1. The number of benzene rings is 3. The summed E-state index contributed by atoms with van der Waals surface area (Å²) in [6, 6.07) is 28.7. The van der Waals surface area contributed by atoms with Crippen molar-refractivity contribution >= 4 is 29.0 Å². The van der Waals surface area contributed by atoms with Crippen LogP contribution in [0, 0.1) is 0 Å². The Morgan fingerprint density at radius 3 is 1.82 bits per heavy atom. The summed E-state index contributed by atoms with van der Waals surface area (Å²) in [5, 5.41) is 2.80. The van der Waals surface area contributed by atoms with Crippen LogP contribution in [0.1, 0.15) is 12.5 Å². The average Bonchev–Trinajstić information content (AvgIpc) is 2.75. The maximum atomic E-state index is 12.1. The van der Waals surface area contributed by atoms with Crippen molar-refractivity contribution in [1.29, 1.82) is 0 Å². The van der Waals surface area contributed by atoms with Crippen LogP contribution in [0.4, 0.5) is 17.1 Å². The number of carbonyl (C=O) groups is 1. The minimum absolute atomic E-state index is 0.114. The molecule has 0 heterocycles. The quantitative estimate of drug-likeness (QED) is 0.418. The van der Waals surface area contributed by atoms with E-state index in [1.807, 2.05) is 61.5 Å². The van der Waals surface area contributed by atoms with E-state index >= 15 is 0 Å². The Labute approximate surface area is 166 Å². The summed E-state index contributed by atoms with van der Waals surface area (Å²) in [6.07, 6.45) is 3.43. The highest BCUT2D eigenvalue weighted by atomic mass is 16.1. The van der Waals surface area contributed by atoms with Gasteiger partial charge in [0.15, 0.2) is 0 Å². The molecule has 0 aliphatic rings. The van der Waals surface area contributed by atoms with Crippen molar-refractivity contribution < 1.29 is 4.79 Å². The van der Waals surface area contributed by atoms with Gasteiger partial charge < -0.3 is 10.2 Å². The monoisotopic (exact) mass is 368 g/mol. The predicted molar refractivity (Wildman–Crippen MR) is 118 cm³/mol. The molecule has 3 heteroatoms. The molecule has 28 heavy (non-hydrogen) atoms. The second kappa shape index (κ2) is 9.38. The van der Waals surface area contributed by atoms with E-state index in [-0.39, 0.29) is 5.91 Å². The van der Waals surface area contributed by atoms with E-state index in [9.17, 15) is 4.79 Å². The molecule has 0 fully saturated rings. The minimum atomic E-state index is -0.114. The molecule has 0 aromatic heterocycles. The number of nitrogens with one attached hydrogen (secondary N) is 1. The Morgan fingerprint density at radius 1 is 0.857 bits per heavy atom. The van der Waals surface area contributed by atoms with E-state index < -0.39 is 0 Å². The third kappa shape index (κ3) is 4.57. The number of nitrogens with zero attached hydrogens (tertiary/aromatic N) is 1. The number of para-hydroxylation sites is 2. The van der Waals surface area contributed by atoms with Crippen molar-refractivity contribution in [2.24, 2.45) is 0 Å². The summed E-state index contributed by atoms with van der Waals surface area (Å²) in [5.74, 6) is -0.114. The molecular formula is C25H24N2O. The number of anilines is 3. The first-order valence-corrected chi connectivity index (χ1v) is 9.35. The second-order valence-electron chi connectivity index (χ2n) is 6.26. The highest BCUT2D eigenvalue weighted by Gasteiger charge is 2.11. The maximum absolute atomic E-state index is 12.1. The molecule has 0 aliphatic carbocycles. The molecule has 1 amide bonds. The standard InChI is InChI=1S/C25H24N2O/c1-3-21(25(28)26-4-2)19-20-15-17-24(18-16-20)27(22-11-7-5-8-12-22)23-13-9-6-10-14-23/h3,5-19H,1,4H2,2H3,(H,26,28)/b21-19-. The van der Waals surface area contributed by atoms with Gasteiger partial charge in [0.1, 0.15) is 0 Å². The van der Waals surface area contributed by atoms with Crippen molar-refractivity contribution in [3.8, 4) is 0 Å². The fourth-order valence-corrected chi connectivity index (χ4v) is 2.98. The summed E-state index contributed by atoms with van der Waals surface area (Å²) >= 11 is 0. The Kier molecular flexibility index (Phi) is 6.42. The van der Waals surface area contributed by atoms with Gasteiger partial charge in [0, 0.05) is 29.2 Å². The van der Waals surface area contributed by atoms with Gasteiger partial charge in [-0.2, -0.15) is 0 Å². The van der Waals surface area contributed by atoms with Gasteiger partial charge in [0.05, 0.1) is 0 Å².